The van der Waals surface area contributed by atoms with Crippen molar-refractivity contribution in [2.45, 2.75) is 65.0 Å². The molecule has 0 radical (unpaired) electrons. The van der Waals surface area contributed by atoms with Gasteiger partial charge < -0.3 is 33.2 Å². The van der Waals surface area contributed by atoms with E-state index >= 15 is 0 Å². The van der Waals surface area contributed by atoms with E-state index in [4.69, 9.17) is 34.0 Å². The van der Waals surface area contributed by atoms with Gasteiger partial charge in [-0.2, -0.15) is 0 Å². The van der Waals surface area contributed by atoms with Crippen LogP contribution in [0.2, 0.25) is 0 Å². The van der Waals surface area contributed by atoms with E-state index in [1.807, 2.05) is 0 Å². The first-order valence-corrected chi connectivity index (χ1v) is 11.2. The lowest BCUT2D eigenvalue weighted by Crippen LogP contribution is -2.63. The van der Waals surface area contributed by atoms with Gasteiger partial charge in [0, 0.05) is 32.6 Å². The van der Waals surface area contributed by atoms with E-state index in [0.717, 1.165) is 27.7 Å². The standard InChI is InChI=1S/C22H21F4N3O12/c1-7(30)37-18-12(41-21(40-10(4)33)20(39-9(3)32)19(18)38-8(2)31)6-36-22(34)35-5-11-13(23)15(25)17(28-29-27)16(26)14(11)24/h12,18-21H,5-6H2,1-4H3/t12-,18-,19+,20-,21-/m1/s1. The van der Waals surface area contributed by atoms with E-state index in [1.165, 1.54) is 0 Å². The molecule has 1 aromatic rings. The zero-order valence-electron chi connectivity index (χ0n) is 21.6. The molecule has 224 valence electrons. The molecular formula is C22H21F4N3O12. The number of esters is 4. The molecule has 0 amide bonds. The van der Waals surface area contributed by atoms with Gasteiger partial charge in [-0.3, -0.25) is 19.2 Å². The third kappa shape index (κ3) is 8.42. The van der Waals surface area contributed by atoms with Gasteiger partial charge in [-0.05, 0) is 5.53 Å². The SMILES string of the molecule is CC(=O)O[C@@H]1O[C@H](COC(=O)OCc2c(F)c(F)c(N=[N+]=[N-])c(F)c2F)[C@@H](OC(C)=O)[C@H](OC(C)=O)[C@H]1OC(C)=O. The molecule has 1 saturated heterocycles. The van der Waals surface area contributed by atoms with Gasteiger partial charge in [0.25, 0.3) is 0 Å². The molecule has 0 aromatic heterocycles. The highest BCUT2D eigenvalue weighted by molar-refractivity contribution is 5.69. The van der Waals surface area contributed by atoms with Crippen molar-refractivity contribution in [1.29, 1.82) is 0 Å². The Morgan fingerprint density at radius 3 is 1.73 bits per heavy atom. The maximum Gasteiger partial charge on any atom is 0.508 e. The fourth-order valence-electron chi connectivity index (χ4n) is 3.50. The molecular weight excluding hydrogens is 574 g/mol. The van der Waals surface area contributed by atoms with Crippen LogP contribution in [0.25, 0.3) is 10.4 Å². The Balaban J connectivity index is 2.28. The Hall–Kier alpha value is -4.64. The number of carbonyl (C=O) groups excluding carboxylic acids is 5. The Morgan fingerprint density at radius 2 is 1.24 bits per heavy atom. The Morgan fingerprint density at radius 1 is 0.756 bits per heavy atom. The topological polar surface area (TPSA) is 199 Å². The Kier molecular flexibility index (Phi) is 11.2. The van der Waals surface area contributed by atoms with Gasteiger partial charge in [-0.1, -0.05) is 5.11 Å². The molecule has 5 atom stereocenters. The van der Waals surface area contributed by atoms with Crippen LogP contribution in [0.1, 0.15) is 33.3 Å². The van der Waals surface area contributed by atoms with Crippen LogP contribution in [0.5, 0.6) is 0 Å². The Labute approximate surface area is 227 Å². The minimum absolute atomic E-state index is 0.928. The summed E-state index contributed by atoms with van der Waals surface area (Å²) in [6.45, 7) is 1.50. The molecule has 0 saturated carbocycles. The second kappa shape index (κ2) is 14.1. The molecule has 15 nitrogen and oxygen atoms in total. The Bertz CT molecular complexity index is 1240. The second-order valence-corrected chi connectivity index (χ2v) is 8.00. The first-order chi connectivity index (χ1) is 19.2. The number of rotatable bonds is 9. The van der Waals surface area contributed by atoms with Crippen molar-refractivity contribution in [3.8, 4) is 0 Å². The van der Waals surface area contributed by atoms with Gasteiger partial charge in [-0.25, -0.2) is 22.4 Å². The highest BCUT2D eigenvalue weighted by Gasteiger charge is 2.53. The minimum atomic E-state index is -2.05. The molecule has 1 heterocycles. The molecule has 19 heteroatoms. The predicted octanol–water partition coefficient (Wildman–Crippen LogP) is 2.92. The normalized spacial score (nSPS) is 21.5. The molecule has 2 rings (SSSR count). The van der Waals surface area contributed by atoms with Crippen LogP contribution in [0, 0.1) is 23.3 Å². The summed E-state index contributed by atoms with van der Waals surface area (Å²) in [7, 11) is 0. The lowest BCUT2D eigenvalue weighted by atomic mass is 9.98. The van der Waals surface area contributed by atoms with Gasteiger partial charge in [0.15, 0.2) is 35.5 Å². The number of carbonyl (C=O) groups is 5. The molecule has 0 bridgehead atoms. The summed E-state index contributed by atoms with van der Waals surface area (Å²) in [5.41, 5.74) is 5.31. The fourth-order valence-corrected chi connectivity index (χ4v) is 3.50. The number of hydrogen-bond acceptors (Lipinski definition) is 13. The summed E-state index contributed by atoms with van der Waals surface area (Å²) >= 11 is 0. The minimum Gasteiger partial charge on any atom is -0.455 e. The fraction of sp³-hybridized carbons (Fsp3) is 0.500. The van der Waals surface area contributed by atoms with Crippen molar-refractivity contribution in [3.63, 3.8) is 0 Å². The van der Waals surface area contributed by atoms with Gasteiger partial charge in [-0.15, -0.1) is 0 Å². The van der Waals surface area contributed by atoms with Crippen LogP contribution in [0.3, 0.4) is 0 Å². The molecule has 41 heavy (non-hydrogen) atoms. The van der Waals surface area contributed by atoms with E-state index in [0.29, 0.717) is 0 Å². The van der Waals surface area contributed by atoms with Crippen molar-refractivity contribution >= 4 is 35.7 Å². The van der Waals surface area contributed by atoms with Crippen molar-refractivity contribution in [2.75, 3.05) is 6.61 Å². The van der Waals surface area contributed by atoms with Crippen LogP contribution >= 0.6 is 0 Å². The molecule has 0 spiro atoms. The molecule has 0 N–H and O–H groups in total. The first-order valence-electron chi connectivity index (χ1n) is 11.2. The molecule has 1 aromatic carbocycles. The average molecular weight is 595 g/mol. The number of azide groups is 1. The number of nitrogens with zero attached hydrogens (tertiary/aromatic N) is 3. The van der Waals surface area contributed by atoms with Gasteiger partial charge in [0.05, 0.1) is 5.56 Å². The zero-order valence-corrected chi connectivity index (χ0v) is 21.6. The largest absolute Gasteiger partial charge is 0.508 e. The molecule has 1 aliphatic heterocycles. The number of benzene rings is 1. The highest BCUT2D eigenvalue weighted by Crippen LogP contribution is 2.32. The van der Waals surface area contributed by atoms with Crippen LogP contribution in [-0.4, -0.2) is 67.3 Å². The van der Waals surface area contributed by atoms with E-state index in [-0.39, 0.29) is 0 Å². The maximum absolute atomic E-state index is 14.2. The molecule has 0 unspecified atom stereocenters. The highest BCUT2D eigenvalue weighted by atomic mass is 19.2. The third-order valence-electron chi connectivity index (χ3n) is 4.96. The third-order valence-corrected chi connectivity index (χ3v) is 4.96. The molecule has 1 fully saturated rings. The second-order valence-electron chi connectivity index (χ2n) is 8.00. The lowest BCUT2D eigenvalue weighted by molar-refractivity contribution is -0.299. The van der Waals surface area contributed by atoms with Gasteiger partial charge >= 0.3 is 30.0 Å². The van der Waals surface area contributed by atoms with Gasteiger partial charge in [0.1, 0.15) is 25.0 Å². The molecule has 1 aliphatic rings. The van der Waals surface area contributed by atoms with Crippen molar-refractivity contribution in [2.24, 2.45) is 5.11 Å². The first kappa shape index (κ1) is 32.6. The van der Waals surface area contributed by atoms with E-state index in [9.17, 15) is 41.5 Å². The summed E-state index contributed by atoms with van der Waals surface area (Å²) in [6, 6.07) is 0. The lowest BCUT2D eigenvalue weighted by Gasteiger charge is -2.43. The monoisotopic (exact) mass is 595 g/mol. The number of hydrogen-bond donors (Lipinski definition) is 0. The van der Waals surface area contributed by atoms with E-state index in [2.05, 4.69) is 14.8 Å². The smallest absolute Gasteiger partial charge is 0.455 e. The summed E-state index contributed by atoms with van der Waals surface area (Å²) in [6.07, 6.45) is -10.0. The quantitative estimate of drug-likeness (QED) is 0.0770. The van der Waals surface area contributed by atoms with Crippen molar-refractivity contribution < 1.29 is 74.7 Å². The van der Waals surface area contributed by atoms with E-state index < -0.39 is 108 Å². The molecule has 0 aliphatic carbocycles. The van der Waals surface area contributed by atoms with Crippen molar-refractivity contribution in [1.82, 2.24) is 0 Å². The van der Waals surface area contributed by atoms with Crippen LogP contribution < -0.4 is 0 Å². The predicted molar refractivity (Wildman–Crippen MR) is 118 cm³/mol. The van der Waals surface area contributed by atoms with Crippen LogP contribution in [-0.2, 0) is 58.9 Å². The summed E-state index contributed by atoms with van der Waals surface area (Å²) in [4.78, 5) is 61.0. The van der Waals surface area contributed by atoms with E-state index in [1.54, 1.807) is 0 Å². The number of halogens is 4. The summed E-state index contributed by atoms with van der Waals surface area (Å²) in [5, 5.41) is 2.52. The average Bonchev–Trinajstić information content (AvgIpc) is 2.86. The maximum atomic E-state index is 14.2. The van der Waals surface area contributed by atoms with Crippen molar-refractivity contribution in [3.05, 3.63) is 39.3 Å². The van der Waals surface area contributed by atoms with Crippen LogP contribution in [0.15, 0.2) is 5.11 Å². The summed E-state index contributed by atoms with van der Waals surface area (Å²) < 4.78 is 91.2. The zero-order chi connectivity index (χ0) is 31.0. The van der Waals surface area contributed by atoms with Gasteiger partial charge in [0.2, 0.25) is 12.4 Å². The van der Waals surface area contributed by atoms with Crippen LogP contribution in [0.4, 0.5) is 28.0 Å². The number of ether oxygens (including phenoxy) is 7. The summed E-state index contributed by atoms with van der Waals surface area (Å²) in [5.74, 6) is -11.9.